The zero-order chi connectivity index (χ0) is 20.1. The van der Waals surface area contributed by atoms with Crippen LogP contribution in [0.2, 0.25) is 0 Å². The topological polar surface area (TPSA) is 68.2 Å². The summed E-state index contributed by atoms with van der Waals surface area (Å²) in [6, 6.07) is 11.8. The van der Waals surface area contributed by atoms with Gasteiger partial charge in [0.25, 0.3) is 0 Å². The van der Waals surface area contributed by atoms with Gasteiger partial charge in [-0.05, 0) is 42.4 Å². The van der Waals surface area contributed by atoms with Gasteiger partial charge in [0.15, 0.2) is 10.9 Å². The second-order valence-electron chi connectivity index (χ2n) is 5.90. The molecule has 0 aliphatic heterocycles. The maximum atomic E-state index is 12.0. The number of nitrogens with one attached hydrogen (secondary N) is 2. The minimum atomic E-state index is -0.389. The van der Waals surface area contributed by atoms with Crippen LogP contribution in [0.4, 0.5) is 10.8 Å². The fraction of sp³-hybridized carbons (Fsp3) is 0.211. The molecule has 3 aromatic rings. The number of aromatic nitrogens is 2. The van der Waals surface area contributed by atoms with Crippen LogP contribution >= 0.6 is 39.5 Å². The maximum absolute atomic E-state index is 12.0. The summed E-state index contributed by atoms with van der Waals surface area (Å²) in [5, 5.41) is 11.6. The van der Waals surface area contributed by atoms with Crippen molar-refractivity contribution in [3.8, 4) is 0 Å². The predicted octanol–water partition coefficient (Wildman–Crippen LogP) is 4.91. The second kappa shape index (κ2) is 9.31. The van der Waals surface area contributed by atoms with Gasteiger partial charge in [0.1, 0.15) is 5.00 Å². The van der Waals surface area contributed by atoms with Crippen LogP contribution in [0.1, 0.15) is 27.7 Å². The third-order valence-electron chi connectivity index (χ3n) is 3.90. The standard InChI is InChI=1S/C19H19BrN4O2S2/c1-3-14-10-15(18(25)26-2)17(28-14)22-19(27)21-16-8-9-24(23-16)11-12-4-6-13(20)7-5-12/h4-10H,3,11H2,1-2H3,(H2,21,22,23,27). The zero-order valence-corrected chi connectivity index (χ0v) is 18.6. The van der Waals surface area contributed by atoms with E-state index in [1.807, 2.05) is 54.2 Å². The molecule has 0 amide bonds. The summed E-state index contributed by atoms with van der Waals surface area (Å²) < 4.78 is 7.72. The first-order chi connectivity index (χ1) is 13.5. The van der Waals surface area contributed by atoms with Gasteiger partial charge in [0, 0.05) is 21.6 Å². The van der Waals surface area contributed by atoms with Crippen molar-refractivity contribution in [3.05, 3.63) is 63.1 Å². The highest BCUT2D eigenvalue weighted by Crippen LogP contribution is 2.29. The Kier molecular flexibility index (Phi) is 6.82. The summed E-state index contributed by atoms with van der Waals surface area (Å²) in [4.78, 5) is 13.0. The molecule has 0 aliphatic rings. The van der Waals surface area contributed by atoms with E-state index in [0.29, 0.717) is 28.0 Å². The summed E-state index contributed by atoms with van der Waals surface area (Å²) in [5.74, 6) is 0.238. The molecule has 2 aromatic heterocycles. The van der Waals surface area contributed by atoms with E-state index in [2.05, 4.69) is 31.7 Å². The molecular weight excluding hydrogens is 460 g/mol. The number of aryl methyl sites for hydroxylation is 1. The van der Waals surface area contributed by atoms with Gasteiger partial charge < -0.3 is 15.4 Å². The van der Waals surface area contributed by atoms with Gasteiger partial charge in [-0.2, -0.15) is 5.10 Å². The number of methoxy groups -OCH3 is 1. The number of ether oxygens (including phenoxy) is 1. The summed E-state index contributed by atoms with van der Waals surface area (Å²) in [6.45, 7) is 2.69. The van der Waals surface area contributed by atoms with E-state index in [9.17, 15) is 4.79 Å². The average molecular weight is 479 g/mol. The van der Waals surface area contributed by atoms with Crippen LogP contribution in [0.5, 0.6) is 0 Å². The number of halogens is 1. The smallest absolute Gasteiger partial charge is 0.340 e. The van der Waals surface area contributed by atoms with Gasteiger partial charge in [0.05, 0.1) is 19.2 Å². The fourth-order valence-corrected chi connectivity index (χ4v) is 4.04. The molecule has 2 heterocycles. The van der Waals surface area contributed by atoms with Crippen LogP contribution < -0.4 is 10.6 Å². The fourth-order valence-electron chi connectivity index (χ4n) is 2.51. The largest absolute Gasteiger partial charge is 0.465 e. The molecule has 0 atom stereocenters. The van der Waals surface area contributed by atoms with E-state index in [0.717, 1.165) is 21.3 Å². The normalized spacial score (nSPS) is 10.5. The minimum absolute atomic E-state index is 0.364. The lowest BCUT2D eigenvalue weighted by atomic mass is 10.2. The maximum Gasteiger partial charge on any atom is 0.340 e. The van der Waals surface area contributed by atoms with Crippen molar-refractivity contribution in [3.63, 3.8) is 0 Å². The summed E-state index contributed by atoms with van der Waals surface area (Å²) in [7, 11) is 1.37. The molecule has 0 bridgehead atoms. The predicted molar refractivity (Wildman–Crippen MR) is 120 cm³/mol. The molecule has 0 saturated carbocycles. The van der Waals surface area contributed by atoms with Crippen LogP contribution in [-0.4, -0.2) is 28.0 Å². The Balaban J connectivity index is 1.64. The summed E-state index contributed by atoms with van der Waals surface area (Å²) >= 11 is 10.3. The number of hydrogen-bond acceptors (Lipinski definition) is 5. The number of esters is 1. The van der Waals surface area contributed by atoms with Crippen LogP contribution in [0.15, 0.2) is 47.1 Å². The van der Waals surface area contributed by atoms with Crippen molar-refractivity contribution in [1.82, 2.24) is 9.78 Å². The van der Waals surface area contributed by atoms with E-state index < -0.39 is 0 Å². The molecule has 3 rings (SSSR count). The van der Waals surface area contributed by atoms with Crippen molar-refractivity contribution >= 4 is 61.4 Å². The van der Waals surface area contributed by atoms with Crippen molar-refractivity contribution < 1.29 is 9.53 Å². The van der Waals surface area contributed by atoms with Gasteiger partial charge in [-0.3, -0.25) is 4.68 Å². The quantitative estimate of drug-likeness (QED) is 0.387. The van der Waals surface area contributed by atoms with Crippen LogP contribution in [0.25, 0.3) is 0 Å². The zero-order valence-electron chi connectivity index (χ0n) is 15.4. The molecule has 0 saturated heterocycles. The molecule has 6 nitrogen and oxygen atoms in total. The highest BCUT2D eigenvalue weighted by molar-refractivity contribution is 9.10. The molecule has 9 heteroatoms. The van der Waals surface area contributed by atoms with Crippen LogP contribution in [-0.2, 0) is 17.7 Å². The molecule has 2 N–H and O–H groups in total. The SMILES string of the molecule is CCc1cc(C(=O)OC)c(NC(=S)Nc2ccn(Cc3ccc(Br)cc3)n2)s1. The van der Waals surface area contributed by atoms with Gasteiger partial charge >= 0.3 is 5.97 Å². The minimum Gasteiger partial charge on any atom is -0.465 e. The van der Waals surface area contributed by atoms with E-state index in [1.54, 1.807) is 0 Å². The molecule has 0 radical (unpaired) electrons. The Bertz CT molecular complexity index is 982. The summed E-state index contributed by atoms with van der Waals surface area (Å²) in [6.07, 6.45) is 2.71. The number of rotatable bonds is 6. The first-order valence-electron chi connectivity index (χ1n) is 8.55. The number of anilines is 2. The highest BCUT2D eigenvalue weighted by Gasteiger charge is 2.17. The van der Waals surface area contributed by atoms with Crippen molar-refractivity contribution in [2.45, 2.75) is 19.9 Å². The van der Waals surface area contributed by atoms with Crippen molar-refractivity contribution in [2.24, 2.45) is 0 Å². The molecule has 0 spiro atoms. The molecule has 0 fully saturated rings. The average Bonchev–Trinajstić information content (AvgIpc) is 3.29. The molecule has 146 valence electrons. The van der Waals surface area contributed by atoms with Gasteiger partial charge in [-0.1, -0.05) is 35.0 Å². The van der Waals surface area contributed by atoms with Gasteiger partial charge in [0.2, 0.25) is 0 Å². The number of benzene rings is 1. The Morgan fingerprint density at radius 3 is 2.71 bits per heavy atom. The molecule has 0 aliphatic carbocycles. The van der Waals surface area contributed by atoms with E-state index in [-0.39, 0.29) is 5.97 Å². The van der Waals surface area contributed by atoms with Crippen molar-refractivity contribution in [2.75, 3.05) is 17.7 Å². The highest BCUT2D eigenvalue weighted by atomic mass is 79.9. The second-order valence-corrected chi connectivity index (χ2v) is 8.37. The summed E-state index contributed by atoms with van der Waals surface area (Å²) in [5.41, 5.74) is 1.63. The third kappa shape index (κ3) is 5.18. The Hall–Kier alpha value is -2.23. The van der Waals surface area contributed by atoms with Gasteiger partial charge in [-0.25, -0.2) is 4.79 Å². The first-order valence-corrected chi connectivity index (χ1v) is 10.6. The number of thiophene rings is 1. The number of thiocarbonyl (C=S) groups is 1. The Morgan fingerprint density at radius 1 is 1.29 bits per heavy atom. The number of hydrogen-bond donors (Lipinski definition) is 2. The molecule has 0 unspecified atom stereocenters. The van der Waals surface area contributed by atoms with Gasteiger partial charge in [-0.15, -0.1) is 11.3 Å². The molecule has 1 aromatic carbocycles. The van der Waals surface area contributed by atoms with Crippen molar-refractivity contribution in [1.29, 1.82) is 0 Å². The first kappa shape index (κ1) is 20.5. The van der Waals surface area contributed by atoms with E-state index in [4.69, 9.17) is 17.0 Å². The Labute approximate surface area is 181 Å². The number of nitrogens with zero attached hydrogens (tertiary/aromatic N) is 2. The van der Waals surface area contributed by atoms with E-state index >= 15 is 0 Å². The molecule has 28 heavy (non-hydrogen) atoms. The van der Waals surface area contributed by atoms with Crippen LogP contribution in [0, 0.1) is 0 Å². The third-order valence-corrected chi connectivity index (χ3v) is 5.83. The number of carbonyl (C=O) groups excluding carboxylic acids is 1. The lowest BCUT2D eigenvalue weighted by Crippen LogP contribution is -2.20. The lowest BCUT2D eigenvalue weighted by molar-refractivity contribution is 0.0602. The molecular formula is C19H19BrN4O2S2. The lowest BCUT2D eigenvalue weighted by Gasteiger charge is -2.08. The monoisotopic (exact) mass is 478 g/mol. The van der Waals surface area contributed by atoms with E-state index in [1.165, 1.54) is 18.4 Å². The number of carbonyl (C=O) groups is 1. The Morgan fingerprint density at radius 2 is 2.04 bits per heavy atom. The van der Waals surface area contributed by atoms with Crippen LogP contribution in [0.3, 0.4) is 0 Å².